The quantitative estimate of drug-likeness (QED) is 0.450. The summed E-state index contributed by atoms with van der Waals surface area (Å²) in [4.78, 5) is 10.5. The molecular formula is C12H19N3O2. The summed E-state index contributed by atoms with van der Waals surface area (Å²) in [7, 11) is 0. The monoisotopic (exact) mass is 237 g/mol. The molecule has 0 amide bonds. The van der Waals surface area contributed by atoms with Crippen molar-refractivity contribution < 1.29 is 4.92 Å². The maximum Gasteiger partial charge on any atom is 0.272 e. The Morgan fingerprint density at radius 2 is 2.24 bits per heavy atom. The molecule has 0 radical (unpaired) electrons. The van der Waals surface area contributed by atoms with Gasteiger partial charge in [-0.25, -0.2) is 0 Å². The summed E-state index contributed by atoms with van der Waals surface area (Å²) in [5.41, 5.74) is 7.20. The first-order chi connectivity index (χ1) is 8.06. The first kappa shape index (κ1) is 13.6. The Kier molecular flexibility index (Phi) is 5.06. The van der Waals surface area contributed by atoms with Crippen LogP contribution in [0.3, 0.4) is 0 Å². The molecule has 0 spiro atoms. The molecule has 1 atom stereocenters. The van der Waals surface area contributed by atoms with Gasteiger partial charge < -0.3 is 11.1 Å². The lowest BCUT2D eigenvalue weighted by molar-refractivity contribution is -0.385. The molecule has 1 aromatic rings. The molecule has 1 aromatic carbocycles. The lowest BCUT2D eigenvalue weighted by Gasteiger charge is -2.14. The van der Waals surface area contributed by atoms with Crippen molar-refractivity contribution in [2.45, 2.75) is 26.3 Å². The minimum absolute atomic E-state index is 0.0980. The Balaban J connectivity index is 2.77. The Hall–Kier alpha value is -1.46. The molecule has 1 rings (SSSR count). The summed E-state index contributed by atoms with van der Waals surface area (Å²) in [5.74, 6) is 0. The molecule has 0 aromatic heterocycles. The fourth-order valence-electron chi connectivity index (χ4n) is 1.63. The molecule has 0 heterocycles. The summed E-state index contributed by atoms with van der Waals surface area (Å²) >= 11 is 0. The average Bonchev–Trinajstić information content (AvgIpc) is 2.29. The normalized spacial score (nSPS) is 12.4. The smallest absolute Gasteiger partial charge is 0.272 e. The van der Waals surface area contributed by atoms with Crippen LogP contribution >= 0.6 is 0 Å². The van der Waals surface area contributed by atoms with Crippen molar-refractivity contribution in [2.75, 3.05) is 13.1 Å². The topological polar surface area (TPSA) is 81.2 Å². The van der Waals surface area contributed by atoms with Crippen molar-refractivity contribution >= 4 is 5.69 Å². The van der Waals surface area contributed by atoms with Crippen molar-refractivity contribution in [1.82, 2.24) is 5.32 Å². The van der Waals surface area contributed by atoms with Crippen LogP contribution in [0.4, 0.5) is 5.69 Å². The van der Waals surface area contributed by atoms with Crippen molar-refractivity contribution in [1.29, 1.82) is 0 Å². The van der Waals surface area contributed by atoms with Gasteiger partial charge >= 0.3 is 0 Å². The van der Waals surface area contributed by atoms with E-state index in [4.69, 9.17) is 5.73 Å². The zero-order chi connectivity index (χ0) is 12.8. The Morgan fingerprint density at radius 1 is 1.53 bits per heavy atom. The van der Waals surface area contributed by atoms with E-state index >= 15 is 0 Å². The predicted molar refractivity (Wildman–Crippen MR) is 67.9 cm³/mol. The molecule has 0 saturated carbocycles. The van der Waals surface area contributed by atoms with Crippen LogP contribution in [0.2, 0.25) is 0 Å². The van der Waals surface area contributed by atoms with Gasteiger partial charge in [-0.3, -0.25) is 10.1 Å². The molecule has 0 aliphatic rings. The van der Waals surface area contributed by atoms with Gasteiger partial charge in [-0.15, -0.1) is 0 Å². The van der Waals surface area contributed by atoms with Crippen LogP contribution in [0.1, 0.15) is 30.5 Å². The van der Waals surface area contributed by atoms with Gasteiger partial charge in [-0.2, -0.15) is 0 Å². The lowest BCUT2D eigenvalue weighted by Crippen LogP contribution is -2.22. The van der Waals surface area contributed by atoms with Gasteiger partial charge in [0, 0.05) is 17.7 Å². The second-order valence-corrected chi connectivity index (χ2v) is 4.12. The van der Waals surface area contributed by atoms with Crippen LogP contribution in [-0.4, -0.2) is 18.0 Å². The largest absolute Gasteiger partial charge is 0.330 e. The molecule has 1 unspecified atom stereocenters. The Labute approximate surface area is 101 Å². The van der Waals surface area contributed by atoms with E-state index < -0.39 is 0 Å². The van der Waals surface area contributed by atoms with E-state index in [-0.39, 0.29) is 16.7 Å². The molecule has 3 N–H and O–H groups in total. The fraction of sp³-hybridized carbons (Fsp3) is 0.500. The van der Waals surface area contributed by atoms with Crippen molar-refractivity contribution in [3.63, 3.8) is 0 Å². The minimum atomic E-state index is -0.342. The second-order valence-electron chi connectivity index (χ2n) is 4.12. The maximum absolute atomic E-state index is 10.8. The van der Waals surface area contributed by atoms with E-state index in [2.05, 4.69) is 5.32 Å². The van der Waals surface area contributed by atoms with E-state index in [0.29, 0.717) is 12.1 Å². The van der Waals surface area contributed by atoms with Crippen molar-refractivity contribution in [3.05, 3.63) is 39.4 Å². The molecule has 0 saturated heterocycles. The highest BCUT2D eigenvalue weighted by Crippen LogP contribution is 2.22. The highest BCUT2D eigenvalue weighted by molar-refractivity contribution is 5.43. The van der Waals surface area contributed by atoms with Gasteiger partial charge in [0.05, 0.1) is 4.92 Å². The maximum atomic E-state index is 10.8. The third-order valence-electron chi connectivity index (χ3n) is 2.76. The number of nitro groups is 1. The van der Waals surface area contributed by atoms with Gasteiger partial charge in [-0.05, 0) is 38.9 Å². The van der Waals surface area contributed by atoms with Crippen molar-refractivity contribution in [3.8, 4) is 0 Å². The first-order valence-electron chi connectivity index (χ1n) is 5.74. The number of hydrogen-bond acceptors (Lipinski definition) is 4. The highest BCUT2D eigenvalue weighted by atomic mass is 16.6. The SMILES string of the molecule is Cc1ccc(C(C)NCCCN)cc1[N+](=O)[O-]. The van der Waals surface area contributed by atoms with Crippen LogP contribution in [0.15, 0.2) is 18.2 Å². The Morgan fingerprint density at radius 3 is 2.82 bits per heavy atom. The van der Waals surface area contributed by atoms with E-state index in [9.17, 15) is 10.1 Å². The molecular weight excluding hydrogens is 218 g/mol. The predicted octanol–water partition coefficient (Wildman–Crippen LogP) is 1.90. The number of hydrogen-bond donors (Lipinski definition) is 2. The summed E-state index contributed by atoms with van der Waals surface area (Å²) in [6, 6.07) is 5.44. The van der Waals surface area contributed by atoms with Gasteiger partial charge in [-0.1, -0.05) is 12.1 Å². The second kappa shape index (κ2) is 6.32. The van der Waals surface area contributed by atoms with Gasteiger partial charge in [0.15, 0.2) is 0 Å². The molecule has 0 bridgehead atoms. The molecule has 94 valence electrons. The number of nitrogens with zero attached hydrogens (tertiary/aromatic N) is 1. The summed E-state index contributed by atoms with van der Waals surface area (Å²) in [6.45, 7) is 5.20. The van der Waals surface area contributed by atoms with E-state index in [1.54, 1.807) is 19.1 Å². The molecule has 0 fully saturated rings. The van der Waals surface area contributed by atoms with Crippen LogP contribution in [0, 0.1) is 17.0 Å². The third-order valence-corrected chi connectivity index (χ3v) is 2.76. The highest BCUT2D eigenvalue weighted by Gasteiger charge is 2.13. The van der Waals surface area contributed by atoms with Gasteiger partial charge in [0.2, 0.25) is 0 Å². The molecule has 0 aliphatic heterocycles. The standard InChI is InChI=1S/C12H19N3O2/c1-9-4-5-11(8-12(9)15(16)17)10(2)14-7-3-6-13/h4-5,8,10,14H,3,6-7,13H2,1-2H3. The first-order valence-corrected chi connectivity index (χ1v) is 5.74. The van der Waals surface area contributed by atoms with E-state index in [0.717, 1.165) is 18.5 Å². The van der Waals surface area contributed by atoms with Crippen LogP contribution in [0.25, 0.3) is 0 Å². The van der Waals surface area contributed by atoms with Gasteiger partial charge in [0.25, 0.3) is 5.69 Å². The number of rotatable bonds is 6. The van der Waals surface area contributed by atoms with Crippen LogP contribution in [-0.2, 0) is 0 Å². The van der Waals surface area contributed by atoms with Gasteiger partial charge in [0.1, 0.15) is 0 Å². The molecule has 17 heavy (non-hydrogen) atoms. The van der Waals surface area contributed by atoms with E-state index in [1.807, 2.05) is 13.0 Å². The Bertz CT molecular complexity index is 393. The van der Waals surface area contributed by atoms with Crippen LogP contribution < -0.4 is 11.1 Å². The lowest BCUT2D eigenvalue weighted by atomic mass is 10.0. The average molecular weight is 237 g/mol. The van der Waals surface area contributed by atoms with Crippen molar-refractivity contribution in [2.24, 2.45) is 5.73 Å². The summed E-state index contributed by atoms with van der Waals surface area (Å²) in [5, 5.41) is 14.1. The van der Waals surface area contributed by atoms with Crippen LogP contribution in [0.5, 0.6) is 0 Å². The fourth-order valence-corrected chi connectivity index (χ4v) is 1.63. The number of aryl methyl sites for hydroxylation is 1. The number of nitrogens with two attached hydrogens (primary N) is 1. The van der Waals surface area contributed by atoms with E-state index in [1.165, 1.54) is 0 Å². The summed E-state index contributed by atoms with van der Waals surface area (Å²) < 4.78 is 0. The minimum Gasteiger partial charge on any atom is -0.330 e. The zero-order valence-corrected chi connectivity index (χ0v) is 10.3. The number of nitrogens with one attached hydrogen (secondary N) is 1. The third kappa shape index (κ3) is 3.80. The number of benzene rings is 1. The molecule has 5 nitrogen and oxygen atoms in total. The summed E-state index contributed by atoms with van der Waals surface area (Å²) in [6.07, 6.45) is 0.901. The number of nitro benzene ring substituents is 1. The molecule has 0 aliphatic carbocycles. The molecule has 5 heteroatoms. The zero-order valence-electron chi connectivity index (χ0n) is 10.3.